The molecule has 0 bridgehead atoms. The lowest BCUT2D eigenvalue weighted by molar-refractivity contribution is 0.609. The van der Waals surface area contributed by atoms with Crippen molar-refractivity contribution in [1.29, 1.82) is 0 Å². The maximum atomic E-state index is 13.0. The number of nitrogens with zero attached hydrogens (tertiary/aromatic N) is 1. The molecule has 0 radical (unpaired) electrons. The van der Waals surface area contributed by atoms with E-state index in [4.69, 9.17) is 5.73 Å². The fraction of sp³-hybridized carbons (Fsp3) is 0.167. The van der Waals surface area contributed by atoms with Gasteiger partial charge in [-0.25, -0.2) is 9.07 Å². The number of halogens is 1. The summed E-state index contributed by atoms with van der Waals surface area (Å²) in [5, 5.41) is 2.40. The second-order valence-corrected chi connectivity index (χ2v) is 3.85. The van der Waals surface area contributed by atoms with Gasteiger partial charge in [-0.1, -0.05) is 6.07 Å². The van der Waals surface area contributed by atoms with E-state index in [1.165, 1.54) is 18.2 Å². The van der Waals surface area contributed by atoms with E-state index in [0.29, 0.717) is 11.1 Å². The number of aromatic nitrogens is 2. The highest BCUT2D eigenvalue weighted by Crippen LogP contribution is 2.11. The third-order valence-electron chi connectivity index (χ3n) is 2.61. The Kier molecular flexibility index (Phi) is 3.38. The van der Waals surface area contributed by atoms with Crippen LogP contribution in [0.1, 0.15) is 11.1 Å². The maximum Gasteiger partial charge on any atom is 0.265 e. The molecule has 0 spiro atoms. The van der Waals surface area contributed by atoms with Gasteiger partial charge < -0.3 is 5.73 Å². The van der Waals surface area contributed by atoms with Crippen LogP contribution in [0.4, 0.5) is 4.39 Å². The summed E-state index contributed by atoms with van der Waals surface area (Å²) in [6.45, 7) is 0.320. The van der Waals surface area contributed by atoms with Crippen LogP contribution in [0.3, 0.4) is 0 Å². The van der Waals surface area contributed by atoms with Crippen molar-refractivity contribution in [3.8, 4) is 0 Å². The van der Waals surface area contributed by atoms with Gasteiger partial charge in [-0.3, -0.25) is 14.7 Å². The van der Waals surface area contributed by atoms with Crippen LogP contribution < -0.4 is 16.9 Å². The molecule has 0 saturated carbocycles. The highest BCUT2D eigenvalue weighted by molar-refractivity contribution is 5.27. The molecule has 2 rings (SSSR count). The number of H-pyrrole nitrogens is 1. The van der Waals surface area contributed by atoms with Crippen molar-refractivity contribution in [2.24, 2.45) is 5.73 Å². The largest absolute Gasteiger partial charge is 0.326 e. The normalized spacial score (nSPS) is 10.6. The molecule has 1 aromatic carbocycles. The van der Waals surface area contributed by atoms with Gasteiger partial charge in [0, 0.05) is 18.7 Å². The third-order valence-corrected chi connectivity index (χ3v) is 2.61. The molecule has 18 heavy (non-hydrogen) atoms. The van der Waals surface area contributed by atoms with E-state index in [1.54, 1.807) is 6.07 Å². The first kappa shape index (κ1) is 12.3. The minimum atomic E-state index is -0.381. The van der Waals surface area contributed by atoms with E-state index >= 15 is 0 Å². The van der Waals surface area contributed by atoms with Crippen LogP contribution in [0.5, 0.6) is 0 Å². The molecule has 0 aliphatic heterocycles. The number of hydrogen-bond acceptors (Lipinski definition) is 3. The molecule has 0 fully saturated rings. The Morgan fingerprint density at radius 2 is 1.94 bits per heavy atom. The quantitative estimate of drug-likeness (QED) is 0.814. The van der Waals surface area contributed by atoms with Crippen LogP contribution in [-0.4, -0.2) is 9.78 Å². The van der Waals surface area contributed by atoms with Crippen LogP contribution in [0.15, 0.2) is 39.9 Å². The van der Waals surface area contributed by atoms with Crippen LogP contribution in [0.25, 0.3) is 0 Å². The second-order valence-electron chi connectivity index (χ2n) is 3.85. The first-order valence-electron chi connectivity index (χ1n) is 5.37. The topological polar surface area (TPSA) is 80.9 Å². The molecule has 0 amide bonds. The number of nitrogens with one attached hydrogen (secondary N) is 1. The van der Waals surface area contributed by atoms with Crippen LogP contribution >= 0.6 is 0 Å². The summed E-state index contributed by atoms with van der Waals surface area (Å²) in [6, 6.07) is 6.51. The summed E-state index contributed by atoms with van der Waals surface area (Å²) >= 11 is 0. The Morgan fingerprint density at radius 1 is 1.17 bits per heavy atom. The van der Waals surface area contributed by atoms with Gasteiger partial charge in [-0.15, -0.1) is 0 Å². The van der Waals surface area contributed by atoms with Crippen molar-refractivity contribution in [2.75, 3.05) is 0 Å². The molecule has 0 atom stereocenters. The Morgan fingerprint density at radius 3 is 2.67 bits per heavy atom. The molecule has 0 aliphatic rings. The van der Waals surface area contributed by atoms with Crippen LogP contribution in [0.2, 0.25) is 0 Å². The minimum Gasteiger partial charge on any atom is -0.326 e. The van der Waals surface area contributed by atoms with Crippen molar-refractivity contribution >= 4 is 0 Å². The molecule has 1 heterocycles. The van der Waals surface area contributed by atoms with E-state index in [-0.39, 0.29) is 30.0 Å². The van der Waals surface area contributed by atoms with Gasteiger partial charge in [0.1, 0.15) is 5.82 Å². The molecular weight excluding hydrogens is 237 g/mol. The Labute approximate surface area is 102 Å². The minimum absolute atomic E-state index is 0.154. The predicted octanol–water partition coefficient (Wildman–Crippen LogP) is 0.183. The monoisotopic (exact) mass is 249 g/mol. The van der Waals surface area contributed by atoms with Gasteiger partial charge in [0.15, 0.2) is 0 Å². The zero-order chi connectivity index (χ0) is 13.1. The average Bonchev–Trinajstić information content (AvgIpc) is 2.36. The van der Waals surface area contributed by atoms with Crippen molar-refractivity contribution in [1.82, 2.24) is 9.78 Å². The Bertz CT molecular complexity index is 676. The maximum absolute atomic E-state index is 13.0. The summed E-state index contributed by atoms with van der Waals surface area (Å²) < 4.78 is 14.2. The summed E-state index contributed by atoms with van der Waals surface area (Å²) in [5.74, 6) is -0.381. The van der Waals surface area contributed by atoms with E-state index < -0.39 is 0 Å². The fourth-order valence-corrected chi connectivity index (χ4v) is 1.69. The second kappa shape index (κ2) is 4.97. The summed E-state index contributed by atoms with van der Waals surface area (Å²) in [4.78, 5) is 22.7. The number of benzene rings is 1. The lowest BCUT2D eigenvalue weighted by atomic mass is 10.1. The van der Waals surface area contributed by atoms with E-state index in [1.807, 2.05) is 0 Å². The standard InChI is InChI=1S/C12H12FN3O2/c13-10-2-1-8(9(5-10)6-14)7-16-12(18)4-3-11(17)15-16/h1-5H,6-7,14H2,(H,15,17). The van der Waals surface area contributed by atoms with Crippen molar-refractivity contribution < 1.29 is 4.39 Å². The highest BCUT2D eigenvalue weighted by Gasteiger charge is 2.05. The smallest absolute Gasteiger partial charge is 0.265 e. The Hall–Kier alpha value is -2.21. The molecule has 1 aromatic heterocycles. The Balaban J connectivity index is 2.42. The summed E-state index contributed by atoms with van der Waals surface area (Å²) in [5.41, 5.74) is 6.11. The number of nitrogens with two attached hydrogens (primary N) is 1. The molecule has 0 unspecified atom stereocenters. The van der Waals surface area contributed by atoms with Gasteiger partial charge in [0.2, 0.25) is 0 Å². The lowest BCUT2D eigenvalue weighted by Crippen LogP contribution is -2.28. The fourth-order valence-electron chi connectivity index (χ4n) is 1.69. The number of hydrogen-bond donors (Lipinski definition) is 2. The van der Waals surface area contributed by atoms with Crippen LogP contribution in [-0.2, 0) is 13.1 Å². The molecule has 2 aromatic rings. The molecule has 0 saturated heterocycles. The molecular formula is C12H12FN3O2. The molecule has 0 aliphatic carbocycles. The molecule has 5 nitrogen and oxygen atoms in total. The first-order chi connectivity index (χ1) is 8.60. The lowest BCUT2D eigenvalue weighted by Gasteiger charge is -2.09. The SMILES string of the molecule is NCc1cc(F)ccc1Cn1[nH]c(=O)ccc1=O. The molecule has 94 valence electrons. The third kappa shape index (κ3) is 2.54. The first-order valence-corrected chi connectivity index (χ1v) is 5.37. The number of aromatic amines is 1. The van der Waals surface area contributed by atoms with Gasteiger partial charge in [-0.2, -0.15) is 0 Å². The van der Waals surface area contributed by atoms with E-state index in [0.717, 1.165) is 10.7 Å². The van der Waals surface area contributed by atoms with E-state index in [9.17, 15) is 14.0 Å². The van der Waals surface area contributed by atoms with E-state index in [2.05, 4.69) is 5.10 Å². The summed E-state index contributed by atoms with van der Waals surface area (Å²) in [6.07, 6.45) is 0. The van der Waals surface area contributed by atoms with Crippen molar-refractivity contribution in [3.05, 3.63) is 68.0 Å². The predicted molar refractivity (Wildman–Crippen MR) is 64.7 cm³/mol. The zero-order valence-corrected chi connectivity index (χ0v) is 9.52. The molecule has 6 heteroatoms. The number of rotatable bonds is 3. The average molecular weight is 249 g/mol. The zero-order valence-electron chi connectivity index (χ0n) is 9.52. The van der Waals surface area contributed by atoms with Gasteiger partial charge >= 0.3 is 0 Å². The van der Waals surface area contributed by atoms with Crippen LogP contribution in [0, 0.1) is 5.82 Å². The summed E-state index contributed by atoms with van der Waals surface area (Å²) in [7, 11) is 0. The van der Waals surface area contributed by atoms with Gasteiger partial charge in [0.25, 0.3) is 11.1 Å². The van der Waals surface area contributed by atoms with Crippen molar-refractivity contribution in [3.63, 3.8) is 0 Å². The molecule has 3 N–H and O–H groups in total. The highest BCUT2D eigenvalue weighted by atomic mass is 19.1. The van der Waals surface area contributed by atoms with Gasteiger partial charge in [-0.05, 0) is 23.3 Å². The van der Waals surface area contributed by atoms with Gasteiger partial charge in [0.05, 0.1) is 6.54 Å². The van der Waals surface area contributed by atoms with Crippen molar-refractivity contribution in [2.45, 2.75) is 13.1 Å².